The molecule has 0 aliphatic rings. The number of anilines is 2. The number of carbonyl (C=O) groups is 2. The van der Waals surface area contributed by atoms with Crippen molar-refractivity contribution in [3.63, 3.8) is 0 Å². The molecule has 5 nitrogen and oxygen atoms in total. The van der Waals surface area contributed by atoms with E-state index in [-0.39, 0.29) is 11.8 Å². The Bertz CT molecular complexity index is 1180. The summed E-state index contributed by atoms with van der Waals surface area (Å²) in [5.41, 5.74) is 4.09. The minimum Gasteiger partial charge on any atom is -0.320 e. The summed E-state index contributed by atoms with van der Waals surface area (Å²) in [4.78, 5) is 29.7. The van der Waals surface area contributed by atoms with Crippen LogP contribution in [-0.2, 0) is 0 Å². The van der Waals surface area contributed by atoms with Gasteiger partial charge in [0.05, 0.1) is 11.4 Å². The number of hydrogen-bond acceptors (Lipinski definition) is 4. The Balaban J connectivity index is 1.49. The Morgan fingerprint density at radius 3 is 1.80 bits per heavy atom. The molecular formula is C24H19N3O2S. The Morgan fingerprint density at radius 2 is 1.27 bits per heavy atom. The van der Waals surface area contributed by atoms with E-state index in [1.807, 2.05) is 36.6 Å². The second-order valence-electron chi connectivity index (χ2n) is 6.69. The molecule has 30 heavy (non-hydrogen) atoms. The molecule has 1 heterocycles. The quantitative estimate of drug-likeness (QED) is 0.446. The van der Waals surface area contributed by atoms with Gasteiger partial charge < -0.3 is 10.6 Å². The summed E-state index contributed by atoms with van der Waals surface area (Å²) in [7, 11) is 0. The van der Waals surface area contributed by atoms with Gasteiger partial charge in [-0.15, -0.1) is 11.3 Å². The molecule has 6 heteroatoms. The largest absolute Gasteiger partial charge is 0.320 e. The van der Waals surface area contributed by atoms with Gasteiger partial charge in [0.25, 0.3) is 11.8 Å². The Hall–Kier alpha value is -3.77. The number of para-hydroxylation sites is 2. The van der Waals surface area contributed by atoms with Crippen molar-refractivity contribution in [2.24, 2.45) is 0 Å². The molecule has 0 saturated heterocycles. The van der Waals surface area contributed by atoms with Crippen LogP contribution in [0.3, 0.4) is 0 Å². The summed E-state index contributed by atoms with van der Waals surface area (Å²) in [6.07, 6.45) is 0. The van der Waals surface area contributed by atoms with E-state index in [4.69, 9.17) is 0 Å². The zero-order valence-electron chi connectivity index (χ0n) is 16.3. The molecule has 0 atom stereocenters. The normalized spacial score (nSPS) is 10.4. The summed E-state index contributed by atoms with van der Waals surface area (Å²) in [6.45, 7) is 1.95. The van der Waals surface area contributed by atoms with Gasteiger partial charge >= 0.3 is 0 Å². The van der Waals surface area contributed by atoms with Crippen LogP contribution in [0.5, 0.6) is 0 Å². The molecular weight excluding hydrogens is 394 g/mol. The van der Waals surface area contributed by atoms with Crippen LogP contribution in [-0.4, -0.2) is 16.8 Å². The second kappa shape index (κ2) is 8.71. The van der Waals surface area contributed by atoms with Crippen LogP contribution in [0, 0.1) is 6.92 Å². The Kier molecular flexibility index (Phi) is 5.68. The SMILES string of the molecule is Cc1csc(-c2ccc(C(=O)Nc3ccccc3NC(=O)c3ccccc3)cc2)n1. The van der Waals surface area contributed by atoms with Crippen LogP contribution < -0.4 is 10.6 Å². The first-order valence-electron chi connectivity index (χ1n) is 9.39. The fraction of sp³-hybridized carbons (Fsp3) is 0.0417. The van der Waals surface area contributed by atoms with E-state index in [2.05, 4.69) is 15.6 Å². The predicted octanol–water partition coefficient (Wildman–Crippen LogP) is 5.62. The zero-order valence-corrected chi connectivity index (χ0v) is 17.1. The molecule has 3 aromatic carbocycles. The highest BCUT2D eigenvalue weighted by Crippen LogP contribution is 2.25. The zero-order chi connectivity index (χ0) is 20.9. The van der Waals surface area contributed by atoms with Gasteiger partial charge in [-0.25, -0.2) is 4.98 Å². The van der Waals surface area contributed by atoms with Crippen molar-refractivity contribution >= 4 is 34.5 Å². The smallest absolute Gasteiger partial charge is 0.255 e. The van der Waals surface area contributed by atoms with E-state index in [0.717, 1.165) is 16.3 Å². The van der Waals surface area contributed by atoms with Crippen molar-refractivity contribution in [1.29, 1.82) is 0 Å². The highest BCUT2D eigenvalue weighted by atomic mass is 32.1. The van der Waals surface area contributed by atoms with E-state index in [0.29, 0.717) is 22.5 Å². The van der Waals surface area contributed by atoms with Gasteiger partial charge in [-0.3, -0.25) is 9.59 Å². The van der Waals surface area contributed by atoms with Gasteiger partial charge in [0, 0.05) is 27.8 Å². The van der Waals surface area contributed by atoms with Gasteiger partial charge in [0.1, 0.15) is 5.01 Å². The molecule has 0 radical (unpaired) electrons. The molecule has 1 aromatic heterocycles. The third-order valence-electron chi connectivity index (χ3n) is 4.47. The summed E-state index contributed by atoms with van der Waals surface area (Å²) in [6, 6.07) is 23.4. The lowest BCUT2D eigenvalue weighted by Crippen LogP contribution is -2.16. The molecule has 0 aliphatic heterocycles. The molecule has 0 saturated carbocycles. The van der Waals surface area contributed by atoms with E-state index >= 15 is 0 Å². The number of rotatable bonds is 5. The first kappa shape index (κ1) is 19.5. The van der Waals surface area contributed by atoms with E-state index in [1.165, 1.54) is 0 Å². The average Bonchev–Trinajstić information content (AvgIpc) is 3.22. The fourth-order valence-corrected chi connectivity index (χ4v) is 3.73. The average molecular weight is 414 g/mol. The minimum atomic E-state index is -0.252. The van der Waals surface area contributed by atoms with Gasteiger partial charge in [-0.1, -0.05) is 42.5 Å². The fourth-order valence-electron chi connectivity index (χ4n) is 2.93. The maximum atomic E-state index is 12.7. The lowest BCUT2D eigenvalue weighted by atomic mass is 10.1. The number of hydrogen-bond donors (Lipinski definition) is 2. The third kappa shape index (κ3) is 4.45. The van der Waals surface area contributed by atoms with Crippen molar-refractivity contribution in [1.82, 2.24) is 4.98 Å². The van der Waals surface area contributed by atoms with Crippen molar-refractivity contribution in [2.75, 3.05) is 10.6 Å². The highest BCUT2D eigenvalue weighted by Gasteiger charge is 2.12. The maximum Gasteiger partial charge on any atom is 0.255 e. The van der Waals surface area contributed by atoms with Crippen LogP contribution >= 0.6 is 11.3 Å². The molecule has 2 amide bonds. The molecule has 0 bridgehead atoms. The summed E-state index contributed by atoms with van der Waals surface area (Å²) in [5.74, 6) is -0.487. The molecule has 0 spiro atoms. The molecule has 0 aliphatic carbocycles. The van der Waals surface area contributed by atoms with Crippen molar-refractivity contribution < 1.29 is 9.59 Å². The number of amides is 2. The van der Waals surface area contributed by atoms with E-state index < -0.39 is 0 Å². The number of aromatic nitrogens is 1. The molecule has 4 aromatic rings. The monoisotopic (exact) mass is 413 g/mol. The summed E-state index contributed by atoms with van der Waals surface area (Å²) >= 11 is 1.57. The van der Waals surface area contributed by atoms with Crippen LogP contribution in [0.2, 0.25) is 0 Å². The Morgan fingerprint density at radius 1 is 0.733 bits per heavy atom. The highest BCUT2D eigenvalue weighted by molar-refractivity contribution is 7.13. The second-order valence-corrected chi connectivity index (χ2v) is 7.55. The number of carbonyl (C=O) groups excluding carboxylic acids is 2. The number of thiazole rings is 1. The summed E-state index contributed by atoms with van der Waals surface area (Å²) < 4.78 is 0. The Labute approximate surface area is 178 Å². The first-order valence-corrected chi connectivity index (χ1v) is 10.3. The number of aryl methyl sites for hydroxylation is 1. The molecule has 0 fully saturated rings. The van der Waals surface area contributed by atoms with Crippen molar-refractivity contribution in [3.8, 4) is 10.6 Å². The first-order chi connectivity index (χ1) is 14.6. The molecule has 4 rings (SSSR count). The van der Waals surface area contributed by atoms with Crippen molar-refractivity contribution in [2.45, 2.75) is 6.92 Å². The van der Waals surface area contributed by atoms with Gasteiger partial charge in [-0.2, -0.15) is 0 Å². The number of benzene rings is 3. The molecule has 2 N–H and O–H groups in total. The predicted molar refractivity (Wildman–Crippen MR) is 121 cm³/mol. The van der Waals surface area contributed by atoms with Crippen LogP contribution in [0.4, 0.5) is 11.4 Å². The number of nitrogens with zero attached hydrogens (tertiary/aromatic N) is 1. The third-order valence-corrected chi connectivity index (χ3v) is 5.48. The van der Waals surface area contributed by atoms with Crippen molar-refractivity contribution in [3.05, 3.63) is 101 Å². The number of nitrogens with one attached hydrogen (secondary N) is 2. The topological polar surface area (TPSA) is 71.1 Å². The molecule has 0 unspecified atom stereocenters. The van der Waals surface area contributed by atoms with Crippen LogP contribution in [0.1, 0.15) is 26.4 Å². The van der Waals surface area contributed by atoms with E-state index in [9.17, 15) is 9.59 Å². The van der Waals surface area contributed by atoms with Crippen LogP contribution in [0.25, 0.3) is 10.6 Å². The van der Waals surface area contributed by atoms with Gasteiger partial charge in [0.15, 0.2) is 0 Å². The standard InChI is InChI=1S/C24H19N3O2S/c1-16-15-30-24(25-16)19-13-11-18(12-14-19)23(29)27-21-10-6-5-9-20(21)26-22(28)17-7-3-2-4-8-17/h2-15H,1H3,(H,26,28)(H,27,29). The van der Waals surface area contributed by atoms with E-state index in [1.54, 1.807) is 65.9 Å². The lowest BCUT2D eigenvalue weighted by Gasteiger charge is -2.12. The lowest BCUT2D eigenvalue weighted by molar-refractivity contribution is 0.101. The molecule has 148 valence electrons. The maximum absolute atomic E-state index is 12.7. The summed E-state index contributed by atoms with van der Waals surface area (Å²) in [5, 5.41) is 8.66. The van der Waals surface area contributed by atoms with Gasteiger partial charge in [0.2, 0.25) is 0 Å². The van der Waals surface area contributed by atoms with Crippen LogP contribution in [0.15, 0.2) is 84.2 Å². The minimum absolute atomic E-state index is 0.236. The van der Waals surface area contributed by atoms with Gasteiger partial charge in [-0.05, 0) is 43.3 Å².